The van der Waals surface area contributed by atoms with Crippen LogP contribution in [0.4, 0.5) is 0 Å². The predicted molar refractivity (Wildman–Crippen MR) is 75.9 cm³/mol. The number of hydrogen-bond acceptors (Lipinski definition) is 2. The van der Waals surface area contributed by atoms with Crippen molar-refractivity contribution in [1.29, 1.82) is 0 Å². The largest absolute Gasteiger partial charge is 0.430 e. The van der Waals surface area contributed by atoms with E-state index in [1.165, 1.54) is 0 Å². The zero-order valence-corrected chi connectivity index (χ0v) is 11.2. The number of fused-ring (bicyclic) bond motifs is 1. The summed E-state index contributed by atoms with van der Waals surface area (Å²) in [6.07, 6.45) is 0. The first-order chi connectivity index (χ1) is 8.09. The molecule has 0 fully saturated rings. The molecule has 2 aromatic rings. The highest BCUT2D eigenvalue weighted by molar-refractivity contribution is 7.80. The Labute approximate surface area is 111 Å². The molecule has 0 bridgehead atoms. The van der Waals surface area contributed by atoms with Crippen molar-refractivity contribution in [1.82, 2.24) is 4.90 Å². The molecule has 0 radical (unpaired) electrons. The van der Waals surface area contributed by atoms with Gasteiger partial charge in [-0.25, -0.2) is 0 Å². The fraction of sp³-hybridized carbons (Fsp3) is 0.154. The predicted octanol–water partition coefficient (Wildman–Crippen LogP) is 3.72. The Morgan fingerprint density at radius 1 is 1.18 bits per heavy atom. The lowest BCUT2D eigenvalue weighted by Gasteiger charge is -2.15. The van der Waals surface area contributed by atoms with Crippen LogP contribution in [-0.4, -0.2) is 24.2 Å². The Kier molecular flexibility index (Phi) is 3.50. The van der Waals surface area contributed by atoms with Crippen LogP contribution < -0.4 is 4.74 Å². The summed E-state index contributed by atoms with van der Waals surface area (Å²) in [5.41, 5.74) is 0. The number of halogens is 1. The van der Waals surface area contributed by atoms with E-state index in [2.05, 4.69) is 0 Å². The molecule has 0 aromatic heterocycles. The van der Waals surface area contributed by atoms with Crippen LogP contribution >= 0.6 is 23.8 Å². The third-order valence-corrected chi connectivity index (χ3v) is 3.23. The highest BCUT2D eigenvalue weighted by atomic mass is 35.5. The van der Waals surface area contributed by atoms with E-state index in [0.29, 0.717) is 15.9 Å². The van der Waals surface area contributed by atoms with Crippen molar-refractivity contribution < 1.29 is 4.74 Å². The number of nitrogens with zero attached hydrogens (tertiary/aromatic N) is 1. The highest BCUT2D eigenvalue weighted by Gasteiger charge is 2.09. The molecule has 0 aliphatic rings. The highest BCUT2D eigenvalue weighted by Crippen LogP contribution is 2.32. The second kappa shape index (κ2) is 4.90. The molecule has 0 aliphatic heterocycles. The summed E-state index contributed by atoms with van der Waals surface area (Å²) in [7, 11) is 3.66. The standard InChI is InChI=1S/C13H12ClNOS/c1-15(2)13(17)16-11-8-7-9-5-3-4-6-10(9)12(11)14/h3-8H,1-2H3. The number of rotatable bonds is 1. The minimum atomic E-state index is 0.391. The van der Waals surface area contributed by atoms with Gasteiger partial charge in [0.2, 0.25) is 0 Å². The van der Waals surface area contributed by atoms with Gasteiger partial charge >= 0.3 is 0 Å². The monoisotopic (exact) mass is 265 g/mol. The molecule has 0 heterocycles. The van der Waals surface area contributed by atoms with Crippen molar-refractivity contribution in [3.05, 3.63) is 41.4 Å². The van der Waals surface area contributed by atoms with Crippen LogP contribution in [0.25, 0.3) is 10.8 Å². The Hall–Kier alpha value is -1.32. The average molecular weight is 266 g/mol. The second-order valence-electron chi connectivity index (χ2n) is 3.86. The fourth-order valence-electron chi connectivity index (χ4n) is 1.48. The zero-order valence-electron chi connectivity index (χ0n) is 9.61. The third kappa shape index (κ3) is 2.51. The number of benzene rings is 2. The number of ether oxygens (including phenoxy) is 1. The Balaban J connectivity index is 2.43. The maximum atomic E-state index is 6.29. The van der Waals surface area contributed by atoms with E-state index in [1.54, 1.807) is 4.90 Å². The van der Waals surface area contributed by atoms with Crippen LogP contribution in [0.3, 0.4) is 0 Å². The molecule has 0 amide bonds. The van der Waals surface area contributed by atoms with Gasteiger partial charge in [-0.2, -0.15) is 0 Å². The van der Waals surface area contributed by atoms with E-state index in [4.69, 9.17) is 28.6 Å². The van der Waals surface area contributed by atoms with Gasteiger partial charge in [0, 0.05) is 19.5 Å². The number of thiocarbonyl (C=S) groups is 1. The van der Waals surface area contributed by atoms with Crippen molar-refractivity contribution in [3.63, 3.8) is 0 Å². The van der Waals surface area contributed by atoms with Gasteiger partial charge in [-0.05, 0) is 23.7 Å². The van der Waals surface area contributed by atoms with E-state index in [9.17, 15) is 0 Å². The van der Waals surface area contributed by atoms with E-state index in [1.807, 2.05) is 50.5 Å². The van der Waals surface area contributed by atoms with Crippen molar-refractivity contribution >= 4 is 39.8 Å². The van der Waals surface area contributed by atoms with Crippen molar-refractivity contribution in [2.45, 2.75) is 0 Å². The van der Waals surface area contributed by atoms with Gasteiger partial charge in [0.1, 0.15) is 5.75 Å². The molecule has 0 spiro atoms. The molecule has 0 saturated carbocycles. The van der Waals surface area contributed by atoms with Crippen LogP contribution in [0.2, 0.25) is 5.02 Å². The minimum absolute atomic E-state index is 0.391. The Bertz CT molecular complexity index is 568. The van der Waals surface area contributed by atoms with Gasteiger partial charge in [-0.3, -0.25) is 0 Å². The maximum absolute atomic E-state index is 6.29. The summed E-state index contributed by atoms with van der Waals surface area (Å²) >= 11 is 11.4. The van der Waals surface area contributed by atoms with Gasteiger partial charge in [0.15, 0.2) is 0 Å². The molecule has 0 atom stereocenters. The van der Waals surface area contributed by atoms with E-state index in [-0.39, 0.29) is 0 Å². The topological polar surface area (TPSA) is 12.5 Å². The van der Waals surface area contributed by atoms with E-state index < -0.39 is 0 Å². The average Bonchev–Trinajstić information content (AvgIpc) is 2.33. The van der Waals surface area contributed by atoms with Crippen molar-refractivity contribution in [2.75, 3.05) is 14.1 Å². The molecule has 17 heavy (non-hydrogen) atoms. The summed E-state index contributed by atoms with van der Waals surface area (Å²) < 4.78 is 5.54. The lowest BCUT2D eigenvalue weighted by molar-refractivity contribution is 0.450. The summed E-state index contributed by atoms with van der Waals surface area (Å²) in [4.78, 5) is 1.72. The van der Waals surface area contributed by atoms with Crippen molar-refractivity contribution in [3.8, 4) is 5.75 Å². The molecule has 0 saturated heterocycles. The molecule has 2 rings (SSSR count). The first-order valence-electron chi connectivity index (χ1n) is 5.16. The molecule has 2 aromatic carbocycles. The molecule has 0 unspecified atom stereocenters. The van der Waals surface area contributed by atoms with Crippen LogP contribution in [0.15, 0.2) is 36.4 Å². The van der Waals surface area contributed by atoms with E-state index in [0.717, 1.165) is 10.8 Å². The van der Waals surface area contributed by atoms with E-state index >= 15 is 0 Å². The summed E-state index contributed by atoms with van der Waals surface area (Å²) in [5.74, 6) is 0.587. The molecular weight excluding hydrogens is 254 g/mol. The van der Waals surface area contributed by atoms with Gasteiger partial charge in [-0.15, -0.1) is 0 Å². The maximum Gasteiger partial charge on any atom is 0.264 e. The second-order valence-corrected chi connectivity index (χ2v) is 4.59. The third-order valence-electron chi connectivity index (χ3n) is 2.39. The van der Waals surface area contributed by atoms with Crippen LogP contribution in [0.5, 0.6) is 5.75 Å². The molecule has 0 N–H and O–H groups in total. The van der Waals surface area contributed by atoms with Crippen molar-refractivity contribution in [2.24, 2.45) is 0 Å². The van der Waals surface area contributed by atoms with Crippen LogP contribution in [0, 0.1) is 0 Å². The molecule has 4 heteroatoms. The SMILES string of the molecule is CN(C)C(=S)Oc1ccc2ccccc2c1Cl. The fourth-order valence-corrected chi connectivity index (χ4v) is 1.84. The molecular formula is C13H12ClNOS. The quantitative estimate of drug-likeness (QED) is 0.729. The normalized spacial score (nSPS) is 10.3. The molecule has 88 valence electrons. The lowest BCUT2D eigenvalue weighted by Crippen LogP contribution is -2.25. The Morgan fingerprint density at radius 3 is 2.59 bits per heavy atom. The minimum Gasteiger partial charge on any atom is -0.430 e. The summed E-state index contributed by atoms with van der Waals surface area (Å²) in [6.45, 7) is 0. The summed E-state index contributed by atoms with van der Waals surface area (Å²) in [6, 6.07) is 11.7. The zero-order chi connectivity index (χ0) is 12.4. The Morgan fingerprint density at radius 2 is 1.88 bits per heavy atom. The van der Waals surface area contributed by atoms with Gasteiger partial charge in [0.25, 0.3) is 5.17 Å². The number of hydrogen-bond donors (Lipinski definition) is 0. The smallest absolute Gasteiger partial charge is 0.264 e. The van der Waals surface area contributed by atoms with Gasteiger partial charge in [-0.1, -0.05) is 41.9 Å². The first kappa shape index (κ1) is 12.1. The molecule has 2 nitrogen and oxygen atoms in total. The molecule has 0 aliphatic carbocycles. The first-order valence-corrected chi connectivity index (χ1v) is 5.94. The summed E-state index contributed by atoms with van der Waals surface area (Å²) in [5, 5.41) is 3.03. The van der Waals surface area contributed by atoms with Gasteiger partial charge in [0.05, 0.1) is 5.02 Å². The van der Waals surface area contributed by atoms with Crippen LogP contribution in [0.1, 0.15) is 0 Å². The van der Waals surface area contributed by atoms with Crippen LogP contribution in [-0.2, 0) is 0 Å². The lowest BCUT2D eigenvalue weighted by atomic mass is 10.1. The van der Waals surface area contributed by atoms with Gasteiger partial charge < -0.3 is 9.64 Å².